The molecule has 1 heteroatoms. The first-order valence-electron chi connectivity index (χ1n) is 4.14. The fraction of sp³-hybridized carbons (Fsp3) is 0.333. The molecule has 0 radical (unpaired) electrons. The zero-order valence-corrected chi connectivity index (χ0v) is 6.17. The van der Waals surface area contributed by atoms with E-state index in [4.69, 9.17) is 1.37 Å². The van der Waals surface area contributed by atoms with Crippen molar-refractivity contribution in [2.75, 3.05) is 5.32 Å². The number of hydrogen-bond acceptors (Lipinski definition) is 1. The van der Waals surface area contributed by atoms with Crippen molar-refractivity contribution in [3.8, 4) is 0 Å². The molecule has 0 saturated carbocycles. The van der Waals surface area contributed by atoms with Crippen molar-refractivity contribution < 1.29 is 1.37 Å². The highest BCUT2D eigenvalue weighted by molar-refractivity contribution is 5.42. The number of hydrogen-bond donors (Lipinski definition) is 1. The van der Waals surface area contributed by atoms with E-state index in [9.17, 15) is 0 Å². The summed E-state index contributed by atoms with van der Waals surface area (Å²) in [6.45, 7) is 2.41. The highest BCUT2D eigenvalue weighted by atomic mass is 14.9. The average Bonchev–Trinajstić information content (AvgIpc) is 2.06. The van der Waals surface area contributed by atoms with Gasteiger partial charge < -0.3 is 5.32 Å². The Morgan fingerprint density at radius 2 is 2.10 bits per heavy atom. The summed E-state index contributed by atoms with van der Waals surface area (Å²) in [5, 5.41) is 3.20. The summed E-state index contributed by atoms with van der Waals surface area (Å²) < 4.78 is 7.10. The molecular weight excluding hydrogens is 122 g/mol. The molecule has 1 nitrogen and oxygen atoms in total. The Morgan fingerprint density at radius 3 is 2.70 bits per heavy atom. The molecule has 0 aliphatic heterocycles. The van der Waals surface area contributed by atoms with Gasteiger partial charge in [-0.05, 0) is 26.0 Å². The first-order chi connectivity index (χ1) is 5.33. The van der Waals surface area contributed by atoms with Crippen LogP contribution in [-0.4, -0.2) is 6.04 Å². The smallest absolute Gasteiger partial charge is 0.0342 e. The Labute approximate surface area is 63.5 Å². The predicted molar refractivity (Wildman–Crippen MR) is 45.2 cm³/mol. The molecule has 0 amide bonds. The lowest BCUT2D eigenvalue weighted by molar-refractivity contribution is 0.900. The minimum Gasteiger partial charge on any atom is -0.383 e. The molecular formula is C9H13N. The van der Waals surface area contributed by atoms with E-state index in [2.05, 4.69) is 5.32 Å². The highest BCUT2D eigenvalue weighted by Gasteiger charge is 1.90. The van der Waals surface area contributed by atoms with E-state index in [1.807, 2.05) is 37.3 Å². The lowest BCUT2D eigenvalue weighted by atomic mass is 10.3. The molecule has 0 aliphatic rings. The van der Waals surface area contributed by atoms with E-state index in [1.54, 1.807) is 0 Å². The second-order valence-electron chi connectivity index (χ2n) is 2.41. The lowest BCUT2D eigenvalue weighted by Gasteiger charge is -2.08. The van der Waals surface area contributed by atoms with Crippen LogP contribution in [-0.2, 0) is 0 Å². The topological polar surface area (TPSA) is 12.0 Å². The Bertz CT molecular complexity index is 198. The third kappa shape index (κ3) is 2.09. The normalized spacial score (nSPS) is 13.9. The van der Waals surface area contributed by atoms with E-state index >= 15 is 0 Å². The fourth-order valence-electron chi connectivity index (χ4n) is 0.819. The molecule has 1 atom stereocenters. The molecule has 10 heavy (non-hydrogen) atoms. The summed E-state index contributed by atoms with van der Waals surface area (Å²) in [5.74, 6) is 0. The van der Waals surface area contributed by atoms with Gasteiger partial charge in [0, 0.05) is 13.1 Å². The van der Waals surface area contributed by atoms with Crippen LogP contribution in [0.4, 0.5) is 5.69 Å². The number of para-hydroxylation sites is 1. The first kappa shape index (κ1) is 5.78. The van der Waals surface area contributed by atoms with Crippen molar-refractivity contribution in [1.29, 1.82) is 0 Å². The van der Waals surface area contributed by atoms with Crippen LogP contribution in [0.25, 0.3) is 0 Å². The van der Waals surface area contributed by atoms with Crippen LogP contribution in [0.1, 0.15) is 15.2 Å². The number of benzene rings is 1. The van der Waals surface area contributed by atoms with Crippen LogP contribution in [0.15, 0.2) is 30.3 Å². The van der Waals surface area contributed by atoms with Crippen LogP contribution < -0.4 is 5.32 Å². The molecule has 0 spiro atoms. The highest BCUT2D eigenvalue weighted by Crippen LogP contribution is 2.05. The summed E-state index contributed by atoms with van der Waals surface area (Å²) >= 11 is 0. The zero-order valence-electron chi connectivity index (χ0n) is 7.17. The van der Waals surface area contributed by atoms with Crippen LogP contribution >= 0.6 is 0 Å². The molecule has 0 saturated heterocycles. The van der Waals surface area contributed by atoms with Crippen molar-refractivity contribution in [3.05, 3.63) is 30.3 Å². The molecule has 1 aromatic carbocycles. The van der Waals surface area contributed by atoms with Crippen molar-refractivity contribution in [1.82, 2.24) is 0 Å². The van der Waals surface area contributed by atoms with Gasteiger partial charge in [-0.1, -0.05) is 18.2 Å². The minimum atomic E-state index is 0.234. The summed E-state index contributed by atoms with van der Waals surface area (Å²) in [4.78, 5) is 0. The molecule has 1 rings (SSSR count). The Morgan fingerprint density at radius 1 is 1.40 bits per heavy atom. The van der Waals surface area contributed by atoms with E-state index in [1.165, 1.54) is 0 Å². The quantitative estimate of drug-likeness (QED) is 0.658. The number of rotatable bonds is 2. The van der Waals surface area contributed by atoms with Gasteiger partial charge in [0.05, 0.1) is 0 Å². The Balaban J connectivity index is 2.51. The van der Waals surface area contributed by atoms with Gasteiger partial charge in [-0.2, -0.15) is 0 Å². The van der Waals surface area contributed by atoms with Crippen molar-refractivity contribution in [2.24, 2.45) is 0 Å². The summed E-state index contributed by atoms with van der Waals surface area (Å²) in [5.41, 5.74) is 1.09. The van der Waals surface area contributed by atoms with Gasteiger partial charge >= 0.3 is 0 Å². The molecule has 0 fully saturated rings. The minimum absolute atomic E-state index is 0.234. The van der Waals surface area contributed by atoms with Crippen molar-refractivity contribution in [2.45, 2.75) is 19.9 Å². The zero-order chi connectivity index (χ0) is 8.10. The standard InChI is InChI=1S/C9H13N/c1-8(2)10-9-6-4-3-5-7-9/h3-8,10H,1-2H3/i1D. The van der Waals surface area contributed by atoms with Gasteiger partial charge in [-0.3, -0.25) is 0 Å². The van der Waals surface area contributed by atoms with E-state index in [0.717, 1.165) is 5.69 Å². The van der Waals surface area contributed by atoms with Gasteiger partial charge in [-0.15, -0.1) is 0 Å². The van der Waals surface area contributed by atoms with E-state index in [0.29, 0.717) is 6.90 Å². The SMILES string of the molecule is [2H]CC(C)Nc1ccccc1. The monoisotopic (exact) mass is 136 g/mol. The second kappa shape index (κ2) is 3.25. The van der Waals surface area contributed by atoms with Crippen molar-refractivity contribution >= 4 is 5.69 Å². The maximum Gasteiger partial charge on any atom is 0.0342 e. The molecule has 54 valence electrons. The third-order valence-corrected chi connectivity index (χ3v) is 1.19. The molecule has 0 aliphatic carbocycles. The maximum atomic E-state index is 7.10. The van der Waals surface area contributed by atoms with E-state index in [-0.39, 0.29) is 6.04 Å². The summed E-state index contributed by atoms with van der Waals surface area (Å²) in [6.07, 6.45) is 0. The molecule has 1 N–H and O–H groups in total. The molecule has 1 unspecified atom stereocenters. The fourth-order valence-corrected chi connectivity index (χ4v) is 0.819. The van der Waals surface area contributed by atoms with Crippen LogP contribution in [0.5, 0.6) is 0 Å². The molecule has 0 heterocycles. The Hall–Kier alpha value is -0.980. The van der Waals surface area contributed by atoms with Gasteiger partial charge in [0.15, 0.2) is 0 Å². The summed E-state index contributed by atoms with van der Waals surface area (Å²) in [6, 6.07) is 10.2. The largest absolute Gasteiger partial charge is 0.383 e. The van der Waals surface area contributed by atoms with E-state index < -0.39 is 0 Å². The number of nitrogens with one attached hydrogen (secondary N) is 1. The average molecular weight is 136 g/mol. The first-order valence-corrected chi connectivity index (χ1v) is 3.43. The molecule has 0 aromatic heterocycles. The second-order valence-corrected chi connectivity index (χ2v) is 2.41. The Kier molecular flexibility index (Phi) is 1.88. The summed E-state index contributed by atoms with van der Waals surface area (Å²) in [7, 11) is 0. The van der Waals surface area contributed by atoms with Crippen LogP contribution in [0, 0.1) is 0 Å². The predicted octanol–water partition coefficient (Wildman–Crippen LogP) is 2.51. The van der Waals surface area contributed by atoms with Crippen LogP contribution in [0.3, 0.4) is 0 Å². The number of anilines is 1. The lowest BCUT2D eigenvalue weighted by Crippen LogP contribution is -2.08. The van der Waals surface area contributed by atoms with Crippen LogP contribution in [0.2, 0.25) is 0 Å². The van der Waals surface area contributed by atoms with Crippen molar-refractivity contribution in [3.63, 3.8) is 0 Å². The molecule has 1 aromatic rings. The van der Waals surface area contributed by atoms with Gasteiger partial charge in [0.2, 0.25) is 0 Å². The third-order valence-electron chi connectivity index (χ3n) is 1.19. The molecule has 0 bridgehead atoms. The maximum absolute atomic E-state index is 7.10. The van der Waals surface area contributed by atoms with Gasteiger partial charge in [0.25, 0.3) is 0 Å². The van der Waals surface area contributed by atoms with Gasteiger partial charge in [0.1, 0.15) is 0 Å². The van der Waals surface area contributed by atoms with Gasteiger partial charge in [-0.25, -0.2) is 0 Å².